The van der Waals surface area contributed by atoms with Gasteiger partial charge in [0, 0.05) is 0 Å². The SMILES string of the molecule is CC(C)c1ccc(CN2C(=O)CC(=O)NC2=O)cc1. The van der Waals surface area contributed by atoms with Gasteiger partial charge < -0.3 is 0 Å². The molecular formula is C14H16N2O3. The number of imide groups is 2. The van der Waals surface area contributed by atoms with E-state index in [0.29, 0.717) is 5.92 Å². The van der Waals surface area contributed by atoms with Crippen molar-refractivity contribution in [3.63, 3.8) is 0 Å². The smallest absolute Gasteiger partial charge is 0.277 e. The zero-order valence-corrected chi connectivity index (χ0v) is 11.0. The van der Waals surface area contributed by atoms with Crippen LogP contribution in [0.1, 0.15) is 37.3 Å². The molecule has 0 unspecified atom stereocenters. The quantitative estimate of drug-likeness (QED) is 0.842. The fraction of sp³-hybridized carbons (Fsp3) is 0.357. The molecule has 100 valence electrons. The van der Waals surface area contributed by atoms with Gasteiger partial charge in [0.25, 0.3) is 0 Å². The van der Waals surface area contributed by atoms with E-state index in [1.165, 1.54) is 5.56 Å². The van der Waals surface area contributed by atoms with Crippen LogP contribution in [0, 0.1) is 0 Å². The number of hydrogen-bond acceptors (Lipinski definition) is 3. The van der Waals surface area contributed by atoms with Crippen molar-refractivity contribution < 1.29 is 14.4 Å². The predicted molar refractivity (Wildman–Crippen MR) is 69.2 cm³/mol. The van der Waals surface area contributed by atoms with Crippen molar-refractivity contribution >= 4 is 17.8 Å². The summed E-state index contributed by atoms with van der Waals surface area (Å²) < 4.78 is 0. The molecule has 0 spiro atoms. The van der Waals surface area contributed by atoms with Gasteiger partial charge in [-0.1, -0.05) is 38.1 Å². The Balaban J connectivity index is 2.10. The van der Waals surface area contributed by atoms with Crippen molar-refractivity contribution in [3.8, 4) is 0 Å². The van der Waals surface area contributed by atoms with E-state index in [4.69, 9.17) is 0 Å². The van der Waals surface area contributed by atoms with Gasteiger partial charge in [0.15, 0.2) is 0 Å². The summed E-state index contributed by atoms with van der Waals surface area (Å²) in [7, 11) is 0. The van der Waals surface area contributed by atoms with Crippen LogP contribution in [0.2, 0.25) is 0 Å². The number of carbonyl (C=O) groups excluding carboxylic acids is 3. The molecule has 2 rings (SSSR count). The molecule has 1 heterocycles. The van der Waals surface area contributed by atoms with Crippen LogP contribution in [0.3, 0.4) is 0 Å². The summed E-state index contributed by atoms with van der Waals surface area (Å²) in [4.78, 5) is 35.3. The molecule has 0 radical (unpaired) electrons. The summed E-state index contributed by atoms with van der Waals surface area (Å²) in [5.41, 5.74) is 2.07. The van der Waals surface area contributed by atoms with E-state index >= 15 is 0 Å². The minimum absolute atomic E-state index is 0.191. The lowest BCUT2D eigenvalue weighted by Gasteiger charge is -2.24. The molecule has 0 aromatic heterocycles. The third kappa shape index (κ3) is 2.99. The summed E-state index contributed by atoms with van der Waals surface area (Å²) in [6.07, 6.45) is -0.268. The van der Waals surface area contributed by atoms with E-state index in [9.17, 15) is 14.4 Å². The zero-order chi connectivity index (χ0) is 14.0. The zero-order valence-electron chi connectivity index (χ0n) is 11.0. The highest BCUT2D eigenvalue weighted by molar-refractivity contribution is 6.13. The van der Waals surface area contributed by atoms with Crippen LogP contribution in [0.15, 0.2) is 24.3 Å². The fourth-order valence-corrected chi connectivity index (χ4v) is 1.93. The first kappa shape index (κ1) is 13.3. The molecule has 0 aliphatic carbocycles. The Hall–Kier alpha value is -2.17. The maximum atomic E-state index is 11.6. The van der Waals surface area contributed by atoms with E-state index in [1.54, 1.807) is 0 Å². The van der Waals surface area contributed by atoms with Gasteiger partial charge in [-0.2, -0.15) is 0 Å². The average molecular weight is 260 g/mol. The minimum atomic E-state index is -0.644. The highest BCUT2D eigenvalue weighted by atomic mass is 16.2. The Morgan fingerprint density at radius 3 is 2.32 bits per heavy atom. The highest BCUT2D eigenvalue weighted by Gasteiger charge is 2.30. The molecule has 19 heavy (non-hydrogen) atoms. The van der Waals surface area contributed by atoms with Gasteiger partial charge >= 0.3 is 6.03 Å². The molecule has 4 amide bonds. The Bertz CT molecular complexity index is 500. The van der Waals surface area contributed by atoms with Crippen molar-refractivity contribution in [3.05, 3.63) is 35.4 Å². The molecule has 1 aliphatic rings. The number of carbonyl (C=O) groups is 3. The number of hydrogen-bond donors (Lipinski definition) is 1. The van der Waals surface area contributed by atoms with Gasteiger partial charge in [0.2, 0.25) is 11.8 Å². The second kappa shape index (κ2) is 5.22. The van der Waals surface area contributed by atoms with Gasteiger partial charge in [0.1, 0.15) is 6.42 Å². The number of nitrogens with zero attached hydrogens (tertiary/aromatic N) is 1. The highest BCUT2D eigenvalue weighted by Crippen LogP contribution is 2.16. The maximum Gasteiger partial charge on any atom is 0.331 e. The third-order valence-corrected chi connectivity index (χ3v) is 3.09. The molecule has 0 atom stereocenters. The molecule has 1 fully saturated rings. The van der Waals surface area contributed by atoms with Crippen LogP contribution >= 0.6 is 0 Å². The lowest BCUT2D eigenvalue weighted by molar-refractivity contribution is -0.136. The molecule has 1 aromatic rings. The van der Waals surface area contributed by atoms with E-state index < -0.39 is 17.8 Å². The van der Waals surface area contributed by atoms with Crippen LogP contribution in [0.5, 0.6) is 0 Å². The van der Waals surface area contributed by atoms with Crippen molar-refractivity contribution in [2.75, 3.05) is 0 Å². The summed E-state index contributed by atoms with van der Waals surface area (Å²) >= 11 is 0. The molecule has 5 nitrogen and oxygen atoms in total. The lowest BCUT2D eigenvalue weighted by atomic mass is 10.0. The second-order valence-electron chi connectivity index (χ2n) is 4.91. The number of barbiturate groups is 1. The molecule has 5 heteroatoms. The topological polar surface area (TPSA) is 66.5 Å². The summed E-state index contributed by atoms with van der Waals surface area (Å²) in [5, 5.41) is 2.14. The first-order chi connectivity index (χ1) is 8.97. The Labute approximate surface area is 111 Å². The normalized spacial score (nSPS) is 15.9. The Kier molecular flexibility index (Phi) is 3.64. The standard InChI is InChI=1S/C14H16N2O3/c1-9(2)11-5-3-10(4-6-11)8-16-13(18)7-12(17)15-14(16)19/h3-6,9H,7-8H2,1-2H3,(H,15,17,19). The lowest BCUT2D eigenvalue weighted by Crippen LogP contribution is -2.52. The number of benzene rings is 1. The van der Waals surface area contributed by atoms with E-state index in [-0.39, 0.29) is 13.0 Å². The first-order valence-corrected chi connectivity index (χ1v) is 6.20. The maximum absolute atomic E-state index is 11.6. The van der Waals surface area contributed by atoms with Gasteiger partial charge in [-0.25, -0.2) is 4.79 Å². The molecule has 1 aromatic carbocycles. The van der Waals surface area contributed by atoms with Gasteiger partial charge in [0.05, 0.1) is 6.54 Å². The molecule has 0 bridgehead atoms. The molecule has 1 N–H and O–H groups in total. The number of nitrogens with one attached hydrogen (secondary N) is 1. The number of urea groups is 1. The summed E-state index contributed by atoms with van der Waals surface area (Å²) in [5.74, 6) is -0.560. The predicted octanol–water partition coefficient (Wildman–Crippen LogP) is 1.78. The Morgan fingerprint density at radius 1 is 1.16 bits per heavy atom. The number of rotatable bonds is 3. The second-order valence-corrected chi connectivity index (χ2v) is 4.91. The van der Waals surface area contributed by atoms with Crippen molar-refractivity contribution in [1.82, 2.24) is 10.2 Å². The van der Waals surface area contributed by atoms with Crippen molar-refractivity contribution in [1.29, 1.82) is 0 Å². The van der Waals surface area contributed by atoms with Crippen LogP contribution in [-0.2, 0) is 16.1 Å². The molecule has 0 saturated carbocycles. The summed E-state index contributed by atoms with van der Waals surface area (Å²) in [6, 6.07) is 7.11. The van der Waals surface area contributed by atoms with Crippen LogP contribution in [-0.4, -0.2) is 22.7 Å². The molecule has 1 aliphatic heterocycles. The fourth-order valence-electron chi connectivity index (χ4n) is 1.93. The van der Waals surface area contributed by atoms with Crippen molar-refractivity contribution in [2.45, 2.75) is 32.7 Å². The van der Waals surface area contributed by atoms with Crippen LogP contribution in [0.25, 0.3) is 0 Å². The van der Waals surface area contributed by atoms with Gasteiger partial charge in [-0.15, -0.1) is 0 Å². The van der Waals surface area contributed by atoms with Crippen LogP contribution in [0.4, 0.5) is 4.79 Å². The third-order valence-electron chi connectivity index (χ3n) is 3.09. The average Bonchev–Trinajstić information content (AvgIpc) is 2.34. The molecular weight excluding hydrogens is 244 g/mol. The largest absolute Gasteiger partial charge is 0.331 e. The van der Waals surface area contributed by atoms with Gasteiger partial charge in [-0.3, -0.25) is 19.8 Å². The minimum Gasteiger partial charge on any atom is -0.277 e. The number of amides is 4. The Morgan fingerprint density at radius 2 is 1.79 bits per heavy atom. The first-order valence-electron chi connectivity index (χ1n) is 6.20. The van der Waals surface area contributed by atoms with E-state index in [2.05, 4.69) is 19.2 Å². The van der Waals surface area contributed by atoms with E-state index in [0.717, 1.165) is 10.5 Å². The van der Waals surface area contributed by atoms with Crippen LogP contribution < -0.4 is 5.32 Å². The summed E-state index contributed by atoms with van der Waals surface area (Å²) in [6.45, 7) is 4.39. The monoisotopic (exact) mass is 260 g/mol. The van der Waals surface area contributed by atoms with Gasteiger partial charge in [-0.05, 0) is 17.0 Å². The molecule has 1 saturated heterocycles. The van der Waals surface area contributed by atoms with E-state index in [1.807, 2.05) is 24.3 Å². The van der Waals surface area contributed by atoms with Crippen molar-refractivity contribution in [2.24, 2.45) is 0 Å².